The minimum atomic E-state index is 0.103. The van der Waals surface area contributed by atoms with Gasteiger partial charge in [-0.2, -0.15) is 0 Å². The number of rotatable bonds is 5. The van der Waals surface area contributed by atoms with E-state index in [1.54, 1.807) is 6.26 Å². The van der Waals surface area contributed by atoms with E-state index in [1.165, 1.54) is 0 Å². The molecule has 1 aliphatic heterocycles. The van der Waals surface area contributed by atoms with Crippen LogP contribution in [0.3, 0.4) is 0 Å². The fourth-order valence-corrected chi connectivity index (χ4v) is 2.09. The van der Waals surface area contributed by atoms with Crippen molar-refractivity contribution in [3.8, 4) is 0 Å². The fraction of sp³-hybridized carbons (Fsp3) is 0.615. The van der Waals surface area contributed by atoms with Gasteiger partial charge >= 0.3 is 0 Å². The summed E-state index contributed by atoms with van der Waals surface area (Å²) in [6, 6.07) is 3.76. The molecule has 4 heteroatoms. The van der Waals surface area contributed by atoms with Crippen molar-refractivity contribution >= 4 is 5.91 Å². The van der Waals surface area contributed by atoms with Gasteiger partial charge < -0.3 is 14.6 Å². The largest absolute Gasteiger partial charge is 0.467 e. The minimum Gasteiger partial charge on any atom is -0.467 e. The lowest BCUT2D eigenvalue weighted by Gasteiger charge is -2.34. The first-order valence-corrected chi connectivity index (χ1v) is 6.24. The molecular weight excluding hydrogens is 216 g/mol. The van der Waals surface area contributed by atoms with E-state index in [9.17, 15) is 4.79 Å². The first-order chi connectivity index (χ1) is 8.22. The van der Waals surface area contributed by atoms with Crippen molar-refractivity contribution in [1.29, 1.82) is 0 Å². The second-order valence-corrected chi connectivity index (χ2v) is 4.64. The molecule has 0 aliphatic carbocycles. The van der Waals surface area contributed by atoms with Crippen LogP contribution in [0.2, 0.25) is 0 Å². The van der Waals surface area contributed by atoms with Gasteiger partial charge in [-0.05, 0) is 38.1 Å². The molecule has 2 heterocycles. The van der Waals surface area contributed by atoms with Gasteiger partial charge in [-0.25, -0.2) is 0 Å². The lowest BCUT2D eigenvalue weighted by Crippen LogP contribution is -2.50. The molecule has 1 fully saturated rings. The topological polar surface area (TPSA) is 45.5 Å². The molecule has 1 aromatic rings. The van der Waals surface area contributed by atoms with Gasteiger partial charge in [-0.15, -0.1) is 0 Å². The summed E-state index contributed by atoms with van der Waals surface area (Å²) in [5, 5.41) is 3.21. The van der Waals surface area contributed by atoms with Gasteiger partial charge in [-0.3, -0.25) is 4.79 Å². The second-order valence-electron chi connectivity index (χ2n) is 4.64. The van der Waals surface area contributed by atoms with E-state index in [4.69, 9.17) is 4.42 Å². The third-order valence-electron chi connectivity index (χ3n) is 3.53. The van der Waals surface area contributed by atoms with Crippen LogP contribution in [0.15, 0.2) is 22.8 Å². The maximum absolute atomic E-state index is 12.3. The molecule has 1 aromatic heterocycles. The Labute approximate surface area is 102 Å². The lowest BCUT2D eigenvalue weighted by atomic mass is 9.88. The zero-order valence-corrected chi connectivity index (χ0v) is 10.5. The summed E-state index contributed by atoms with van der Waals surface area (Å²) >= 11 is 0. The first kappa shape index (κ1) is 12.2. The summed E-state index contributed by atoms with van der Waals surface area (Å²) in [6.07, 6.45) is 1.65. The van der Waals surface area contributed by atoms with Gasteiger partial charge in [0.25, 0.3) is 0 Å². The number of nitrogens with one attached hydrogen (secondary N) is 1. The standard InChI is InChI=1S/C13H20N2O2/c1-3-15(9-12-5-4-6-17-12)13(16)10(2)11-7-14-8-11/h4-6,10-11,14H,3,7-9H2,1-2H3. The van der Waals surface area contributed by atoms with Crippen molar-refractivity contribution in [1.82, 2.24) is 10.2 Å². The summed E-state index contributed by atoms with van der Waals surface area (Å²) in [4.78, 5) is 14.2. The van der Waals surface area contributed by atoms with Crippen LogP contribution in [-0.4, -0.2) is 30.4 Å². The minimum absolute atomic E-state index is 0.103. The fourth-order valence-electron chi connectivity index (χ4n) is 2.09. The van der Waals surface area contributed by atoms with Crippen LogP contribution >= 0.6 is 0 Å². The van der Waals surface area contributed by atoms with Crippen LogP contribution in [0.4, 0.5) is 0 Å². The maximum atomic E-state index is 12.3. The number of carbonyl (C=O) groups is 1. The Morgan fingerprint density at radius 3 is 2.88 bits per heavy atom. The summed E-state index contributed by atoms with van der Waals surface area (Å²) in [5.74, 6) is 1.67. The van der Waals surface area contributed by atoms with Crippen molar-refractivity contribution in [2.45, 2.75) is 20.4 Å². The molecule has 1 atom stereocenters. The summed E-state index contributed by atoms with van der Waals surface area (Å²) in [7, 11) is 0. The zero-order valence-electron chi connectivity index (χ0n) is 10.5. The average molecular weight is 236 g/mol. The highest BCUT2D eigenvalue weighted by Gasteiger charge is 2.31. The predicted octanol–water partition coefficient (Wildman–Crippen LogP) is 1.48. The monoisotopic (exact) mass is 236 g/mol. The Bertz CT molecular complexity index is 358. The van der Waals surface area contributed by atoms with Gasteiger partial charge in [0.2, 0.25) is 5.91 Å². The highest BCUT2D eigenvalue weighted by atomic mass is 16.3. The molecule has 4 nitrogen and oxygen atoms in total. The molecule has 0 saturated carbocycles. The van der Waals surface area contributed by atoms with Crippen LogP contribution in [0.25, 0.3) is 0 Å². The van der Waals surface area contributed by atoms with Crippen LogP contribution in [0.5, 0.6) is 0 Å². The third kappa shape index (κ3) is 2.69. The molecule has 0 radical (unpaired) electrons. The normalized spacial score (nSPS) is 17.5. The molecule has 1 aliphatic rings. The lowest BCUT2D eigenvalue weighted by molar-refractivity contribution is -0.138. The van der Waals surface area contributed by atoms with Crippen molar-refractivity contribution in [2.75, 3.05) is 19.6 Å². The summed E-state index contributed by atoms with van der Waals surface area (Å²) in [6.45, 7) is 7.26. The number of hydrogen-bond acceptors (Lipinski definition) is 3. The van der Waals surface area contributed by atoms with Gasteiger partial charge in [0.05, 0.1) is 12.8 Å². The number of carbonyl (C=O) groups excluding carboxylic acids is 1. The van der Waals surface area contributed by atoms with E-state index in [0.29, 0.717) is 12.5 Å². The number of hydrogen-bond donors (Lipinski definition) is 1. The van der Waals surface area contributed by atoms with Gasteiger partial charge in [0, 0.05) is 12.5 Å². The smallest absolute Gasteiger partial charge is 0.226 e. The average Bonchev–Trinajstić information content (AvgIpc) is 2.75. The molecule has 0 bridgehead atoms. The van der Waals surface area contributed by atoms with Gasteiger partial charge in [0.1, 0.15) is 5.76 Å². The number of nitrogens with zero attached hydrogens (tertiary/aromatic N) is 1. The van der Waals surface area contributed by atoms with Gasteiger partial charge in [0.15, 0.2) is 0 Å². The zero-order chi connectivity index (χ0) is 12.3. The Morgan fingerprint density at radius 1 is 1.65 bits per heavy atom. The van der Waals surface area contributed by atoms with E-state index in [2.05, 4.69) is 5.32 Å². The van der Waals surface area contributed by atoms with Crippen LogP contribution in [0.1, 0.15) is 19.6 Å². The highest BCUT2D eigenvalue weighted by molar-refractivity contribution is 5.78. The molecule has 1 amide bonds. The van der Waals surface area contributed by atoms with Crippen molar-refractivity contribution in [3.05, 3.63) is 24.2 Å². The first-order valence-electron chi connectivity index (χ1n) is 6.24. The van der Waals surface area contributed by atoms with Crippen LogP contribution in [-0.2, 0) is 11.3 Å². The Kier molecular flexibility index (Phi) is 3.84. The van der Waals surface area contributed by atoms with E-state index in [-0.39, 0.29) is 11.8 Å². The van der Waals surface area contributed by atoms with E-state index < -0.39 is 0 Å². The SMILES string of the molecule is CCN(Cc1ccco1)C(=O)C(C)C1CNC1. The maximum Gasteiger partial charge on any atom is 0.226 e. The van der Waals surface area contributed by atoms with E-state index in [0.717, 1.165) is 25.4 Å². The molecule has 94 valence electrons. The van der Waals surface area contributed by atoms with Crippen LogP contribution in [0, 0.1) is 11.8 Å². The Balaban J connectivity index is 1.94. The van der Waals surface area contributed by atoms with E-state index >= 15 is 0 Å². The number of amides is 1. The summed E-state index contributed by atoms with van der Waals surface area (Å²) in [5.41, 5.74) is 0. The molecular formula is C13H20N2O2. The number of furan rings is 1. The Morgan fingerprint density at radius 2 is 2.41 bits per heavy atom. The molecule has 1 N–H and O–H groups in total. The molecule has 1 unspecified atom stereocenters. The van der Waals surface area contributed by atoms with Crippen molar-refractivity contribution in [2.24, 2.45) is 11.8 Å². The molecule has 1 saturated heterocycles. The molecule has 17 heavy (non-hydrogen) atoms. The molecule has 0 aromatic carbocycles. The van der Waals surface area contributed by atoms with E-state index in [1.807, 2.05) is 30.9 Å². The molecule has 2 rings (SSSR count). The highest BCUT2D eigenvalue weighted by Crippen LogP contribution is 2.19. The third-order valence-corrected chi connectivity index (χ3v) is 3.53. The molecule has 0 spiro atoms. The van der Waals surface area contributed by atoms with Crippen LogP contribution < -0.4 is 5.32 Å². The second kappa shape index (κ2) is 5.36. The van der Waals surface area contributed by atoms with Crippen molar-refractivity contribution < 1.29 is 9.21 Å². The van der Waals surface area contributed by atoms with Crippen molar-refractivity contribution in [3.63, 3.8) is 0 Å². The summed E-state index contributed by atoms with van der Waals surface area (Å²) < 4.78 is 5.29. The Hall–Kier alpha value is -1.29. The quantitative estimate of drug-likeness (QED) is 0.842. The predicted molar refractivity (Wildman–Crippen MR) is 65.3 cm³/mol. The van der Waals surface area contributed by atoms with Gasteiger partial charge in [-0.1, -0.05) is 6.92 Å².